The molecule has 4 aromatic rings. The van der Waals surface area contributed by atoms with Crippen LogP contribution in [0, 0.1) is 0 Å². The minimum absolute atomic E-state index is 0.876. The summed E-state index contributed by atoms with van der Waals surface area (Å²) in [6, 6.07) is 32.1. The molecule has 1 nitrogen and oxygen atoms in total. The van der Waals surface area contributed by atoms with Gasteiger partial charge in [0, 0.05) is 14.5 Å². The van der Waals surface area contributed by atoms with Crippen LogP contribution in [-0.4, -0.2) is 5.11 Å². The summed E-state index contributed by atoms with van der Waals surface area (Å²) in [6.07, 6.45) is 17.7. The van der Waals surface area contributed by atoms with Crippen molar-refractivity contribution < 1.29 is 5.11 Å². The third-order valence-electron chi connectivity index (χ3n) is 8.91. The SMILES string of the molecule is CCCCCCCCc1ccc(C(O)(c2ccc(CCCCCCCC)cc2)c2cc(Br)ccc2-c2ccc(Br)cc2)cc1. The van der Waals surface area contributed by atoms with Gasteiger partial charge in [-0.25, -0.2) is 0 Å². The lowest BCUT2D eigenvalue weighted by Gasteiger charge is -2.33. The Morgan fingerprint density at radius 2 is 0.932 bits per heavy atom. The molecule has 0 radical (unpaired) electrons. The molecule has 44 heavy (non-hydrogen) atoms. The largest absolute Gasteiger partial charge is 0.376 e. The maximum atomic E-state index is 13.0. The highest BCUT2D eigenvalue weighted by atomic mass is 79.9. The number of halogens is 2. The van der Waals surface area contributed by atoms with Crippen molar-refractivity contribution in [1.82, 2.24) is 0 Å². The highest BCUT2D eigenvalue weighted by Crippen LogP contribution is 2.43. The van der Waals surface area contributed by atoms with Crippen molar-refractivity contribution in [3.05, 3.63) is 128 Å². The fourth-order valence-corrected chi connectivity index (χ4v) is 6.84. The van der Waals surface area contributed by atoms with Crippen LogP contribution in [0.2, 0.25) is 0 Å². The smallest absolute Gasteiger partial charge is 0.141 e. The van der Waals surface area contributed by atoms with E-state index in [-0.39, 0.29) is 0 Å². The summed E-state index contributed by atoms with van der Waals surface area (Å²) >= 11 is 7.31. The number of aliphatic hydroxyl groups is 1. The average molecular weight is 719 g/mol. The van der Waals surface area contributed by atoms with Gasteiger partial charge in [0.1, 0.15) is 5.60 Å². The molecule has 0 amide bonds. The van der Waals surface area contributed by atoms with Gasteiger partial charge in [0.05, 0.1) is 0 Å². The van der Waals surface area contributed by atoms with Crippen molar-refractivity contribution in [3.8, 4) is 11.1 Å². The quantitative estimate of drug-likeness (QED) is 0.0802. The molecule has 1 N–H and O–H groups in total. The molecular formula is C41H50Br2O. The van der Waals surface area contributed by atoms with Crippen molar-refractivity contribution in [3.63, 3.8) is 0 Å². The molecular weight excluding hydrogens is 668 g/mol. The lowest BCUT2D eigenvalue weighted by molar-refractivity contribution is 0.126. The molecule has 4 aromatic carbocycles. The van der Waals surface area contributed by atoms with Gasteiger partial charge < -0.3 is 5.11 Å². The monoisotopic (exact) mass is 716 g/mol. The summed E-state index contributed by atoms with van der Waals surface area (Å²) < 4.78 is 1.99. The van der Waals surface area contributed by atoms with Crippen LogP contribution in [0.3, 0.4) is 0 Å². The second-order valence-corrected chi connectivity index (χ2v) is 14.2. The maximum absolute atomic E-state index is 13.0. The highest BCUT2D eigenvalue weighted by molar-refractivity contribution is 9.10. The first-order valence-electron chi connectivity index (χ1n) is 16.9. The molecule has 3 heteroatoms. The van der Waals surface area contributed by atoms with E-state index in [9.17, 15) is 5.11 Å². The van der Waals surface area contributed by atoms with Crippen molar-refractivity contribution in [2.24, 2.45) is 0 Å². The summed E-state index contributed by atoms with van der Waals surface area (Å²) in [7, 11) is 0. The normalized spacial score (nSPS) is 11.7. The van der Waals surface area contributed by atoms with E-state index in [0.717, 1.165) is 49.6 Å². The number of rotatable bonds is 18. The zero-order valence-electron chi connectivity index (χ0n) is 26.8. The molecule has 0 spiro atoms. The van der Waals surface area contributed by atoms with E-state index in [1.807, 2.05) is 0 Å². The van der Waals surface area contributed by atoms with Crippen LogP contribution < -0.4 is 0 Å². The molecule has 0 unspecified atom stereocenters. The second kappa shape index (κ2) is 18.1. The summed E-state index contributed by atoms with van der Waals surface area (Å²) in [5.74, 6) is 0. The number of hydrogen-bond donors (Lipinski definition) is 1. The average Bonchev–Trinajstić information content (AvgIpc) is 3.05. The standard InChI is InChI=1S/C41H50Br2O/c1-3-5-7-9-11-13-15-32-17-23-35(24-18-32)41(44,36-25-19-33(20-26-36)16-14-12-10-8-6-4-2)40-31-38(43)29-30-39(40)34-21-27-37(42)28-22-34/h17-31,44H,3-16H2,1-2H3. The lowest BCUT2D eigenvalue weighted by Crippen LogP contribution is -2.29. The molecule has 0 fully saturated rings. The van der Waals surface area contributed by atoms with Crippen molar-refractivity contribution in [2.45, 2.75) is 109 Å². The Bertz CT molecular complexity index is 1330. The van der Waals surface area contributed by atoms with Crippen LogP contribution in [0.15, 0.2) is 99.9 Å². The lowest BCUT2D eigenvalue weighted by atomic mass is 9.76. The minimum Gasteiger partial charge on any atom is -0.376 e. The van der Waals surface area contributed by atoms with Crippen molar-refractivity contribution in [1.29, 1.82) is 0 Å². The Kier molecular flexibility index (Phi) is 14.2. The van der Waals surface area contributed by atoms with E-state index >= 15 is 0 Å². The summed E-state index contributed by atoms with van der Waals surface area (Å²) in [5.41, 5.74) is 6.12. The van der Waals surface area contributed by atoms with Gasteiger partial charge in [0.2, 0.25) is 0 Å². The topological polar surface area (TPSA) is 20.2 Å². The summed E-state index contributed by atoms with van der Waals surface area (Å²) in [4.78, 5) is 0. The number of hydrogen-bond acceptors (Lipinski definition) is 1. The van der Waals surface area contributed by atoms with Gasteiger partial charge in [0.25, 0.3) is 0 Å². The van der Waals surface area contributed by atoms with Gasteiger partial charge in [0.15, 0.2) is 0 Å². The molecule has 0 aliphatic rings. The van der Waals surface area contributed by atoms with Crippen molar-refractivity contribution >= 4 is 31.9 Å². The van der Waals surface area contributed by atoms with E-state index < -0.39 is 5.60 Å². The Balaban J connectivity index is 1.65. The first-order chi connectivity index (χ1) is 21.5. The molecule has 0 bridgehead atoms. The Labute approximate surface area is 283 Å². The molecule has 0 saturated heterocycles. The van der Waals surface area contributed by atoms with E-state index in [1.54, 1.807) is 0 Å². The molecule has 0 aliphatic carbocycles. The first kappa shape index (κ1) is 34.7. The zero-order chi connectivity index (χ0) is 31.2. The van der Waals surface area contributed by atoms with Crippen molar-refractivity contribution in [2.75, 3.05) is 0 Å². The Hall–Kier alpha value is -2.20. The molecule has 0 saturated carbocycles. The molecule has 4 rings (SSSR count). The predicted molar refractivity (Wildman–Crippen MR) is 196 cm³/mol. The summed E-state index contributed by atoms with van der Waals surface area (Å²) in [5, 5.41) is 13.0. The number of unbranched alkanes of at least 4 members (excludes halogenated alkanes) is 10. The zero-order valence-corrected chi connectivity index (χ0v) is 29.9. The molecule has 0 atom stereocenters. The van der Waals surface area contributed by atoms with Gasteiger partial charge in [-0.3, -0.25) is 0 Å². The van der Waals surface area contributed by atoms with Crippen LogP contribution in [-0.2, 0) is 18.4 Å². The van der Waals surface area contributed by atoms with Gasteiger partial charge in [-0.15, -0.1) is 0 Å². The highest BCUT2D eigenvalue weighted by Gasteiger charge is 2.36. The predicted octanol–water partition coefficient (Wildman–Crippen LogP) is 13.0. The van der Waals surface area contributed by atoms with Gasteiger partial charge in [-0.05, 0) is 83.3 Å². The molecule has 0 heterocycles. The maximum Gasteiger partial charge on any atom is 0.141 e. The van der Waals surface area contributed by atoms with E-state index in [0.29, 0.717) is 0 Å². The number of benzene rings is 4. The summed E-state index contributed by atoms with van der Waals surface area (Å²) in [6.45, 7) is 4.53. The molecule has 0 aromatic heterocycles. The second-order valence-electron chi connectivity index (χ2n) is 12.3. The van der Waals surface area contributed by atoms with E-state index in [4.69, 9.17) is 0 Å². The van der Waals surface area contributed by atoms with Crippen LogP contribution >= 0.6 is 31.9 Å². The Morgan fingerprint density at radius 1 is 0.500 bits per heavy atom. The third-order valence-corrected chi connectivity index (χ3v) is 9.93. The van der Waals surface area contributed by atoms with Crippen LogP contribution in [0.4, 0.5) is 0 Å². The first-order valence-corrected chi connectivity index (χ1v) is 18.5. The van der Waals surface area contributed by atoms with Gasteiger partial charge in [-0.2, -0.15) is 0 Å². The van der Waals surface area contributed by atoms with Gasteiger partial charge >= 0.3 is 0 Å². The van der Waals surface area contributed by atoms with E-state index in [2.05, 4.69) is 137 Å². The van der Waals surface area contributed by atoms with Crippen LogP contribution in [0.5, 0.6) is 0 Å². The van der Waals surface area contributed by atoms with Crippen LogP contribution in [0.1, 0.15) is 119 Å². The fraction of sp³-hybridized carbons (Fsp3) is 0.415. The minimum atomic E-state index is -1.32. The third kappa shape index (κ3) is 9.65. The molecule has 234 valence electrons. The number of aryl methyl sites for hydroxylation is 2. The van der Waals surface area contributed by atoms with Gasteiger partial charge in [-0.1, -0.05) is 177 Å². The molecule has 0 aliphatic heterocycles. The Morgan fingerprint density at radius 3 is 1.41 bits per heavy atom. The fourth-order valence-electron chi connectivity index (χ4n) is 6.22. The van der Waals surface area contributed by atoms with Crippen LogP contribution in [0.25, 0.3) is 11.1 Å². The van der Waals surface area contributed by atoms with E-state index in [1.165, 1.54) is 88.2 Å².